The summed E-state index contributed by atoms with van der Waals surface area (Å²) in [6, 6.07) is 15.1. The number of carbonyl (C=O) groups is 2. The predicted octanol–water partition coefficient (Wildman–Crippen LogP) is 2.16. The second kappa shape index (κ2) is 7.57. The summed E-state index contributed by atoms with van der Waals surface area (Å²) in [6.07, 6.45) is 0.236. The topological polar surface area (TPSA) is 83.6 Å². The van der Waals surface area contributed by atoms with Crippen molar-refractivity contribution in [2.75, 3.05) is 13.1 Å². The quantitative estimate of drug-likeness (QED) is 0.845. The molecule has 26 heavy (non-hydrogen) atoms. The molecule has 1 saturated heterocycles. The van der Waals surface area contributed by atoms with Crippen LogP contribution in [0.5, 0.6) is 0 Å². The molecule has 0 aromatic heterocycles. The van der Waals surface area contributed by atoms with Crippen LogP contribution in [0.3, 0.4) is 0 Å². The maximum absolute atomic E-state index is 12.3. The highest BCUT2D eigenvalue weighted by Gasteiger charge is 2.34. The molecule has 1 atom stereocenters. The number of amides is 2. The minimum Gasteiger partial charge on any atom is -0.281 e. The zero-order valence-electron chi connectivity index (χ0n) is 13.8. The van der Waals surface area contributed by atoms with E-state index in [1.807, 2.05) is 30.3 Å². The number of benzene rings is 2. The van der Waals surface area contributed by atoms with Crippen molar-refractivity contribution >= 4 is 33.4 Å². The van der Waals surface area contributed by atoms with Crippen molar-refractivity contribution in [2.45, 2.75) is 17.2 Å². The van der Waals surface area contributed by atoms with Crippen LogP contribution < -0.4 is 4.72 Å². The lowest BCUT2D eigenvalue weighted by atomic mass is 9.99. The van der Waals surface area contributed by atoms with Gasteiger partial charge in [-0.05, 0) is 29.8 Å². The van der Waals surface area contributed by atoms with E-state index in [1.165, 1.54) is 24.3 Å². The molecule has 2 aromatic carbocycles. The largest absolute Gasteiger partial charge is 0.281 e. The summed E-state index contributed by atoms with van der Waals surface area (Å²) in [4.78, 5) is 25.6. The Bertz CT molecular complexity index is 914. The highest BCUT2D eigenvalue weighted by Crippen LogP contribution is 2.27. The summed E-state index contributed by atoms with van der Waals surface area (Å²) in [5.41, 5.74) is 0.984. The summed E-state index contributed by atoms with van der Waals surface area (Å²) in [5, 5.41) is 0.412. The van der Waals surface area contributed by atoms with Crippen molar-refractivity contribution in [3.63, 3.8) is 0 Å². The molecule has 1 heterocycles. The molecule has 1 N–H and O–H groups in total. The van der Waals surface area contributed by atoms with Crippen LogP contribution in [0.15, 0.2) is 59.5 Å². The fraction of sp³-hybridized carbons (Fsp3) is 0.222. The Morgan fingerprint density at radius 2 is 1.77 bits per heavy atom. The van der Waals surface area contributed by atoms with Crippen molar-refractivity contribution < 1.29 is 18.0 Å². The van der Waals surface area contributed by atoms with Gasteiger partial charge in [0, 0.05) is 23.9 Å². The Kier molecular flexibility index (Phi) is 5.41. The normalized spacial score (nSPS) is 17.5. The van der Waals surface area contributed by atoms with Gasteiger partial charge in [0.15, 0.2) is 0 Å². The number of imide groups is 1. The number of nitrogens with one attached hydrogen (secondary N) is 1. The van der Waals surface area contributed by atoms with E-state index in [4.69, 9.17) is 11.6 Å². The Morgan fingerprint density at radius 3 is 2.42 bits per heavy atom. The second-order valence-corrected chi connectivity index (χ2v) is 8.19. The van der Waals surface area contributed by atoms with E-state index in [1.54, 1.807) is 0 Å². The average molecular weight is 393 g/mol. The summed E-state index contributed by atoms with van der Waals surface area (Å²) in [7, 11) is -3.85. The second-order valence-electron chi connectivity index (χ2n) is 5.99. The smallest absolute Gasteiger partial charge is 0.244 e. The standard InChI is InChI=1S/C18H17ClN2O4S/c19-15-6-8-16(9-7-15)26(24,25)20-11-18(23)21-12-14(10-17(21)22)13-4-2-1-3-5-13/h1-9,14,20H,10-12H2. The van der Waals surface area contributed by atoms with Crippen LogP contribution in [0.4, 0.5) is 0 Å². The number of rotatable bonds is 5. The number of likely N-dealkylation sites (tertiary alicyclic amines) is 1. The van der Waals surface area contributed by atoms with Crippen LogP contribution in [-0.2, 0) is 19.6 Å². The molecule has 1 unspecified atom stereocenters. The molecule has 1 aliphatic rings. The Hall–Kier alpha value is -2.22. The first-order valence-electron chi connectivity index (χ1n) is 8.00. The molecule has 2 amide bonds. The van der Waals surface area contributed by atoms with Crippen molar-refractivity contribution in [3.8, 4) is 0 Å². The molecular formula is C18H17ClN2O4S. The van der Waals surface area contributed by atoms with E-state index >= 15 is 0 Å². The van der Waals surface area contributed by atoms with E-state index in [0.29, 0.717) is 5.02 Å². The van der Waals surface area contributed by atoms with E-state index in [-0.39, 0.29) is 29.7 Å². The van der Waals surface area contributed by atoms with Crippen LogP contribution >= 0.6 is 11.6 Å². The fourth-order valence-electron chi connectivity index (χ4n) is 2.85. The number of sulfonamides is 1. The molecule has 1 fully saturated rings. The van der Waals surface area contributed by atoms with Gasteiger partial charge in [0.05, 0.1) is 11.4 Å². The number of nitrogens with zero attached hydrogens (tertiary/aromatic N) is 1. The lowest BCUT2D eigenvalue weighted by molar-refractivity contribution is -0.141. The van der Waals surface area contributed by atoms with Crippen LogP contribution in [0, 0.1) is 0 Å². The first-order valence-corrected chi connectivity index (χ1v) is 9.86. The maximum atomic E-state index is 12.3. The van der Waals surface area contributed by atoms with E-state index in [9.17, 15) is 18.0 Å². The third kappa shape index (κ3) is 4.12. The monoisotopic (exact) mass is 392 g/mol. The van der Waals surface area contributed by atoms with Crippen LogP contribution in [-0.4, -0.2) is 38.2 Å². The SMILES string of the molecule is O=C(CNS(=O)(=O)c1ccc(Cl)cc1)N1CC(c2ccccc2)CC1=O. The number of halogens is 1. The molecule has 0 radical (unpaired) electrons. The summed E-state index contributed by atoms with van der Waals surface area (Å²) < 4.78 is 26.7. The van der Waals surface area contributed by atoms with Crippen LogP contribution in [0.25, 0.3) is 0 Å². The van der Waals surface area contributed by atoms with Gasteiger partial charge in [0.25, 0.3) is 0 Å². The van der Waals surface area contributed by atoms with Gasteiger partial charge in [-0.15, -0.1) is 0 Å². The third-order valence-corrected chi connectivity index (χ3v) is 5.90. The van der Waals surface area contributed by atoms with E-state index < -0.39 is 22.5 Å². The van der Waals surface area contributed by atoms with Crippen LogP contribution in [0.2, 0.25) is 5.02 Å². The molecule has 2 aromatic rings. The number of carbonyl (C=O) groups excluding carboxylic acids is 2. The van der Waals surface area contributed by atoms with Crippen molar-refractivity contribution in [3.05, 3.63) is 65.2 Å². The van der Waals surface area contributed by atoms with Crippen LogP contribution in [0.1, 0.15) is 17.9 Å². The number of hydrogen-bond acceptors (Lipinski definition) is 4. The van der Waals surface area contributed by atoms with Gasteiger partial charge >= 0.3 is 0 Å². The Balaban J connectivity index is 1.63. The minimum absolute atomic E-state index is 0.00427. The molecular weight excluding hydrogens is 376 g/mol. The minimum atomic E-state index is -3.85. The summed E-state index contributed by atoms with van der Waals surface area (Å²) in [5.74, 6) is -0.930. The van der Waals surface area contributed by atoms with Gasteiger partial charge in [-0.25, -0.2) is 13.1 Å². The van der Waals surface area contributed by atoms with Crippen molar-refractivity contribution in [2.24, 2.45) is 0 Å². The predicted molar refractivity (Wildman–Crippen MR) is 97.2 cm³/mol. The van der Waals surface area contributed by atoms with E-state index in [0.717, 1.165) is 10.5 Å². The molecule has 3 rings (SSSR count). The molecule has 0 aliphatic carbocycles. The van der Waals surface area contributed by atoms with Crippen molar-refractivity contribution in [1.82, 2.24) is 9.62 Å². The van der Waals surface area contributed by atoms with Crippen molar-refractivity contribution in [1.29, 1.82) is 0 Å². The van der Waals surface area contributed by atoms with Gasteiger partial charge in [0.1, 0.15) is 0 Å². The zero-order valence-corrected chi connectivity index (χ0v) is 15.3. The van der Waals surface area contributed by atoms with Gasteiger partial charge in [-0.3, -0.25) is 14.5 Å². The number of hydrogen-bond donors (Lipinski definition) is 1. The molecule has 1 aliphatic heterocycles. The molecule has 0 saturated carbocycles. The molecule has 0 bridgehead atoms. The maximum Gasteiger partial charge on any atom is 0.244 e. The lowest BCUT2D eigenvalue weighted by Crippen LogP contribution is -2.40. The molecule has 0 spiro atoms. The fourth-order valence-corrected chi connectivity index (χ4v) is 3.95. The Morgan fingerprint density at radius 1 is 1.12 bits per heavy atom. The first kappa shape index (κ1) is 18.6. The molecule has 8 heteroatoms. The average Bonchev–Trinajstić information content (AvgIpc) is 3.03. The summed E-state index contributed by atoms with van der Waals surface area (Å²) >= 11 is 5.74. The lowest BCUT2D eigenvalue weighted by Gasteiger charge is -2.15. The Labute approximate surface area is 156 Å². The molecule has 136 valence electrons. The molecule has 6 nitrogen and oxygen atoms in total. The van der Waals surface area contributed by atoms with Gasteiger partial charge in [-0.2, -0.15) is 0 Å². The third-order valence-electron chi connectivity index (χ3n) is 4.23. The summed E-state index contributed by atoms with van der Waals surface area (Å²) in [6.45, 7) is -0.220. The van der Waals surface area contributed by atoms with E-state index in [2.05, 4.69) is 4.72 Å². The zero-order chi connectivity index (χ0) is 18.7. The van der Waals surface area contributed by atoms with Gasteiger partial charge < -0.3 is 0 Å². The van der Waals surface area contributed by atoms with Gasteiger partial charge in [0.2, 0.25) is 21.8 Å². The van der Waals surface area contributed by atoms with Gasteiger partial charge in [-0.1, -0.05) is 41.9 Å². The highest BCUT2D eigenvalue weighted by molar-refractivity contribution is 7.89. The first-order chi connectivity index (χ1) is 12.4. The highest BCUT2D eigenvalue weighted by atomic mass is 35.5.